The van der Waals surface area contributed by atoms with Gasteiger partial charge in [-0.25, -0.2) is 0 Å². The number of allylic oxidation sites excluding steroid dienone is 8. The van der Waals surface area contributed by atoms with Crippen molar-refractivity contribution in [2.24, 2.45) is 5.92 Å². The first-order valence-electron chi connectivity index (χ1n) is 8.93. The van der Waals surface area contributed by atoms with Crippen molar-refractivity contribution in [3.63, 3.8) is 0 Å². The Bertz CT molecular complexity index is 653. The topological polar surface area (TPSA) is 86.6 Å². The Morgan fingerprint density at radius 1 is 1.23 bits per heavy atom. The third kappa shape index (κ3) is 6.48. The van der Waals surface area contributed by atoms with Crippen LogP contribution in [0.2, 0.25) is 0 Å². The SMILES string of the molecule is C/C=C/C=C/C=C/C[C@H](C)CC/C=C(\C)C(O)=C1C(=O)N[C@@H](CO)C1=O. The van der Waals surface area contributed by atoms with Crippen LogP contribution < -0.4 is 5.32 Å². The number of carbonyl (C=O) groups excluding carboxylic acids is 2. The molecule has 3 N–H and O–H groups in total. The maximum Gasteiger partial charge on any atom is 0.259 e. The van der Waals surface area contributed by atoms with Gasteiger partial charge >= 0.3 is 0 Å². The highest BCUT2D eigenvalue weighted by atomic mass is 16.3. The van der Waals surface area contributed by atoms with Crippen LogP contribution in [0.15, 0.2) is 59.4 Å². The van der Waals surface area contributed by atoms with Crippen LogP contribution >= 0.6 is 0 Å². The number of hydrogen-bond donors (Lipinski definition) is 3. The van der Waals surface area contributed by atoms with Crippen LogP contribution in [0.1, 0.15) is 40.0 Å². The molecule has 0 aromatic carbocycles. The van der Waals surface area contributed by atoms with E-state index in [4.69, 9.17) is 5.11 Å². The monoisotopic (exact) mass is 359 g/mol. The number of ketones is 1. The molecule has 1 heterocycles. The Hall–Kier alpha value is -2.40. The van der Waals surface area contributed by atoms with E-state index in [-0.39, 0.29) is 11.3 Å². The number of nitrogens with one attached hydrogen (secondary N) is 1. The van der Waals surface area contributed by atoms with E-state index < -0.39 is 24.3 Å². The van der Waals surface area contributed by atoms with Crippen molar-refractivity contribution >= 4 is 11.7 Å². The highest BCUT2D eigenvalue weighted by Gasteiger charge is 2.38. The molecule has 26 heavy (non-hydrogen) atoms. The van der Waals surface area contributed by atoms with E-state index in [9.17, 15) is 14.7 Å². The normalized spacial score (nSPS) is 22.0. The predicted octanol–water partition coefficient (Wildman–Crippen LogP) is 3.30. The first-order chi connectivity index (χ1) is 12.4. The number of rotatable bonds is 9. The highest BCUT2D eigenvalue weighted by Crippen LogP contribution is 2.20. The van der Waals surface area contributed by atoms with E-state index in [0.717, 1.165) is 19.3 Å². The summed E-state index contributed by atoms with van der Waals surface area (Å²) in [6.45, 7) is 5.32. The molecule has 0 spiro atoms. The van der Waals surface area contributed by atoms with E-state index >= 15 is 0 Å². The fourth-order valence-electron chi connectivity index (χ4n) is 2.56. The first-order valence-corrected chi connectivity index (χ1v) is 8.93. The number of hydrogen-bond acceptors (Lipinski definition) is 4. The summed E-state index contributed by atoms with van der Waals surface area (Å²) in [6.07, 6.45) is 16.5. The van der Waals surface area contributed by atoms with Crippen LogP contribution in [0.25, 0.3) is 0 Å². The minimum Gasteiger partial charge on any atom is -0.507 e. The molecule has 1 amide bonds. The number of Topliss-reactive ketones (excluding diaryl/α,β-unsaturated/α-hetero) is 1. The van der Waals surface area contributed by atoms with Crippen molar-refractivity contribution in [1.82, 2.24) is 5.32 Å². The second-order valence-electron chi connectivity index (χ2n) is 6.44. The van der Waals surface area contributed by atoms with Gasteiger partial charge in [0.15, 0.2) is 5.78 Å². The van der Waals surface area contributed by atoms with E-state index in [0.29, 0.717) is 11.5 Å². The molecule has 142 valence electrons. The molecule has 1 aliphatic rings. The van der Waals surface area contributed by atoms with Crippen LogP contribution in [0.5, 0.6) is 0 Å². The molecule has 0 saturated carbocycles. The fourth-order valence-corrected chi connectivity index (χ4v) is 2.56. The Morgan fingerprint density at radius 2 is 1.92 bits per heavy atom. The van der Waals surface area contributed by atoms with Gasteiger partial charge in [0.25, 0.3) is 5.91 Å². The summed E-state index contributed by atoms with van der Waals surface area (Å²) < 4.78 is 0. The molecule has 1 fully saturated rings. The minimum atomic E-state index is -0.957. The Morgan fingerprint density at radius 3 is 2.54 bits per heavy atom. The second kappa shape index (κ2) is 11.3. The van der Waals surface area contributed by atoms with Crippen molar-refractivity contribution in [3.8, 4) is 0 Å². The zero-order valence-corrected chi connectivity index (χ0v) is 15.7. The summed E-state index contributed by atoms with van der Waals surface area (Å²) in [5.41, 5.74) is 0.237. The Labute approximate surface area is 155 Å². The van der Waals surface area contributed by atoms with Crippen LogP contribution in [0.3, 0.4) is 0 Å². The molecule has 5 nitrogen and oxygen atoms in total. The summed E-state index contributed by atoms with van der Waals surface area (Å²) in [5, 5.41) is 21.6. The highest BCUT2D eigenvalue weighted by molar-refractivity contribution is 6.27. The molecule has 1 saturated heterocycles. The summed E-state index contributed by atoms with van der Waals surface area (Å²) >= 11 is 0. The molecule has 0 aromatic rings. The lowest BCUT2D eigenvalue weighted by atomic mass is 9.99. The lowest BCUT2D eigenvalue weighted by Gasteiger charge is -2.07. The van der Waals surface area contributed by atoms with Crippen molar-refractivity contribution < 1.29 is 19.8 Å². The molecular weight excluding hydrogens is 330 g/mol. The van der Waals surface area contributed by atoms with Crippen LogP contribution in [0, 0.1) is 5.92 Å². The standard InChI is InChI=1S/C21H29NO4/c1-4-5-6-7-8-9-11-15(2)12-10-13-16(3)19(24)18-20(25)17(14-23)22-21(18)26/h4-9,13,15,17,23-24H,10-12,14H2,1-3H3,(H,22,26)/b5-4+,7-6+,9-8+,16-13+,19-18?/t15-,17-/m0/s1. The molecule has 0 radical (unpaired) electrons. The van der Waals surface area contributed by atoms with E-state index in [2.05, 4.69) is 18.3 Å². The summed E-state index contributed by atoms with van der Waals surface area (Å²) in [4.78, 5) is 23.8. The van der Waals surface area contributed by atoms with Crippen molar-refractivity contribution in [2.45, 2.75) is 46.1 Å². The third-order valence-corrected chi connectivity index (χ3v) is 4.20. The van der Waals surface area contributed by atoms with Crippen LogP contribution in [-0.4, -0.2) is 34.6 Å². The van der Waals surface area contributed by atoms with Gasteiger partial charge in [-0.3, -0.25) is 9.59 Å². The number of amides is 1. The zero-order valence-electron chi connectivity index (χ0n) is 15.7. The molecule has 0 aliphatic carbocycles. The largest absolute Gasteiger partial charge is 0.507 e. The van der Waals surface area contributed by atoms with Crippen molar-refractivity contribution in [2.75, 3.05) is 6.61 Å². The zero-order chi connectivity index (χ0) is 19.5. The molecule has 0 aromatic heterocycles. The van der Waals surface area contributed by atoms with Gasteiger partial charge in [-0.15, -0.1) is 0 Å². The van der Waals surface area contributed by atoms with Crippen molar-refractivity contribution in [1.29, 1.82) is 0 Å². The van der Waals surface area contributed by atoms with Crippen molar-refractivity contribution in [3.05, 3.63) is 59.4 Å². The second-order valence-corrected chi connectivity index (χ2v) is 6.44. The number of carbonyl (C=O) groups is 2. The van der Waals surface area contributed by atoms with Gasteiger partial charge in [0, 0.05) is 0 Å². The van der Waals surface area contributed by atoms with Gasteiger partial charge in [0.1, 0.15) is 17.4 Å². The average Bonchev–Trinajstić information content (AvgIpc) is 2.90. The molecule has 2 atom stereocenters. The number of aliphatic hydroxyl groups excluding tert-OH is 2. The van der Waals surface area contributed by atoms with Gasteiger partial charge in [-0.05, 0) is 44.6 Å². The smallest absolute Gasteiger partial charge is 0.259 e. The number of aliphatic hydroxyl groups is 2. The summed E-state index contributed by atoms with van der Waals surface area (Å²) in [6, 6.07) is -0.957. The summed E-state index contributed by atoms with van der Waals surface area (Å²) in [7, 11) is 0. The van der Waals surface area contributed by atoms with Gasteiger partial charge in [-0.2, -0.15) is 0 Å². The maximum absolute atomic E-state index is 12.0. The summed E-state index contributed by atoms with van der Waals surface area (Å²) in [5.74, 6) is -1.02. The van der Waals surface area contributed by atoms with E-state index in [1.807, 2.05) is 43.4 Å². The maximum atomic E-state index is 12.0. The lowest BCUT2D eigenvalue weighted by Crippen LogP contribution is -2.32. The Kier molecular flexibility index (Phi) is 9.37. The lowest BCUT2D eigenvalue weighted by molar-refractivity contribution is -0.117. The molecule has 0 unspecified atom stereocenters. The average molecular weight is 359 g/mol. The van der Waals surface area contributed by atoms with Crippen LogP contribution in [-0.2, 0) is 9.59 Å². The van der Waals surface area contributed by atoms with Gasteiger partial charge in [0.2, 0.25) is 0 Å². The molecule has 1 rings (SSSR count). The molecule has 0 bridgehead atoms. The van der Waals surface area contributed by atoms with Crippen LogP contribution in [0.4, 0.5) is 0 Å². The molecule has 1 aliphatic heterocycles. The van der Waals surface area contributed by atoms with Gasteiger partial charge < -0.3 is 15.5 Å². The first kappa shape index (κ1) is 21.6. The molecular formula is C21H29NO4. The molecule has 5 heteroatoms. The quantitative estimate of drug-likeness (QED) is 0.255. The fraction of sp³-hybridized carbons (Fsp3) is 0.429. The Balaban J connectivity index is 2.56. The third-order valence-electron chi connectivity index (χ3n) is 4.20. The van der Waals surface area contributed by atoms with Gasteiger partial charge in [-0.1, -0.05) is 49.5 Å². The van der Waals surface area contributed by atoms with E-state index in [1.54, 1.807) is 6.92 Å². The van der Waals surface area contributed by atoms with Gasteiger partial charge in [0.05, 0.1) is 6.61 Å². The predicted molar refractivity (Wildman–Crippen MR) is 104 cm³/mol. The minimum absolute atomic E-state index is 0.262. The van der Waals surface area contributed by atoms with E-state index in [1.165, 1.54) is 0 Å².